The van der Waals surface area contributed by atoms with Crippen LogP contribution in [-0.4, -0.2) is 104 Å². The second kappa shape index (κ2) is 11.5. The van der Waals surface area contributed by atoms with Crippen LogP contribution in [0.3, 0.4) is 0 Å². The van der Waals surface area contributed by atoms with E-state index in [1.807, 2.05) is 16.6 Å². The molecule has 0 aliphatic carbocycles. The molecule has 0 radical (unpaired) electrons. The van der Waals surface area contributed by atoms with Gasteiger partial charge >= 0.3 is 0 Å². The van der Waals surface area contributed by atoms with Crippen LogP contribution in [0.1, 0.15) is 31.3 Å². The fourth-order valence-corrected chi connectivity index (χ4v) is 7.76. The van der Waals surface area contributed by atoms with Crippen LogP contribution in [-0.2, 0) is 11.2 Å². The van der Waals surface area contributed by atoms with Gasteiger partial charge in [0.2, 0.25) is 5.91 Å². The SMILES string of the molecule is CCc1nc2n(c1N(C)c1nc(-c3ccc(F)cc3)c(C#N)s1)NC(N1CC(C)N(CC(=O)N3CC(O)C3)CC1C)S2. The summed E-state index contributed by atoms with van der Waals surface area (Å²) in [7, 11) is 1.93. The number of nitrogens with zero attached hydrogens (tertiary/aromatic N) is 8. The molecule has 3 unspecified atom stereocenters. The number of hydrogen-bond donors (Lipinski definition) is 2. The van der Waals surface area contributed by atoms with E-state index in [4.69, 9.17) is 9.97 Å². The van der Waals surface area contributed by atoms with E-state index < -0.39 is 6.10 Å². The Morgan fingerprint density at radius 2 is 1.93 bits per heavy atom. The molecule has 1 amide bonds. The van der Waals surface area contributed by atoms with Crippen LogP contribution in [0.25, 0.3) is 11.3 Å². The minimum Gasteiger partial charge on any atom is -0.389 e. The van der Waals surface area contributed by atoms with Crippen LogP contribution < -0.4 is 10.3 Å². The Morgan fingerprint density at radius 3 is 2.60 bits per heavy atom. The molecule has 1 aromatic carbocycles. The number of benzene rings is 1. The minimum atomic E-state index is -0.392. The number of anilines is 2. The smallest absolute Gasteiger partial charge is 0.236 e. The number of aryl methyl sites for hydroxylation is 1. The van der Waals surface area contributed by atoms with Gasteiger partial charge < -0.3 is 14.9 Å². The maximum absolute atomic E-state index is 13.5. The van der Waals surface area contributed by atoms with E-state index in [9.17, 15) is 19.6 Å². The second-order valence-electron chi connectivity index (χ2n) is 11.1. The van der Waals surface area contributed by atoms with Crippen LogP contribution in [0.15, 0.2) is 29.4 Å². The largest absolute Gasteiger partial charge is 0.389 e. The van der Waals surface area contributed by atoms with E-state index in [0.717, 1.165) is 36.2 Å². The molecule has 3 aliphatic rings. The van der Waals surface area contributed by atoms with Crippen molar-refractivity contribution >= 4 is 40.0 Å². The first-order chi connectivity index (χ1) is 20.2. The van der Waals surface area contributed by atoms with Gasteiger partial charge in [-0.05, 0) is 56.3 Å². The van der Waals surface area contributed by atoms with Crippen molar-refractivity contribution in [3.05, 3.63) is 40.7 Å². The van der Waals surface area contributed by atoms with Crippen molar-refractivity contribution in [2.75, 3.05) is 50.1 Å². The number of aromatic nitrogens is 3. The van der Waals surface area contributed by atoms with Gasteiger partial charge in [-0.1, -0.05) is 18.3 Å². The number of thiazole rings is 1. The maximum atomic E-state index is 13.5. The number of fused-ring (bicyclic) bond motifs is 1. The number of β-amino-alcohol motifs (C(OH)–C–C–N with tert-alkyl or cyclic N) is 1. The lowest BCUT2D eigenvalue weighted by atomic mass is 10.1. The first kappa shape index (κ1) is 28.9. The third kappa shape index (κ3) is 5.24. The van der Waals surface area contributed by atoms with Gasteiger partial charge in [0.25, 0.3) is 0 Å². The molecule has 2 fully saturated rings. The van der Waals surface area contributed by atoms with Crippen molar-refractivity contribution in [3.63, 3.8) is 0 Å². The molecule has 5 heterocycles. The predicted molar refractivity (Wildman–Crippen MR) is 161 cm³/mol. The predicted octanol–water partition coefficient (Wildman–Crippen LogP) is 2.88. The maximum Gasteiger partial charge on any atom is 0.236 e. The Morgan fingerprint density at radius 1 is 1.19 bits per heavy atom. The third-order valence-corrected chi connectivity index (χ3v) is 10.3. The molecule has 0 saturated carbocycles. The first-order valence-electron chi connectivity index (χ1n) is 14.1. The second-order valence-corrected chi connectivity index (χ2v) is 13.1. The van der Waals surface area contributed by atoms with E-state index in [0.29, 0.717) is 40.9 Å². The van der Waals surface area contributed by atoms with Crippen molar-refractivity contribution in [2.45, 2.75) is 56.0 Å². The fraction of sp³-hybridized carbons (Fsp3) is 0.500. The molecule has 2 aromatic heterocycles. The zero-order chi connectivity index (χ0) is 29.7. The summed E-state index contributed by atoms with van der Waals surface area (Å²) < 4.78 is 15.5. The molecule has 3 aromatic rings. The number of carbonyl (C=O) groups excluding carboxylic acids is 1. The van der Waals surface area contributed by atoms with Crippen LogP contribution in [0.2, 0.25) is 0 Å². The number of piperazine rings is 1. The molecular formula is C28H34FN9O2S2. The van der Waals surface area contributed by atoms with Gasteiger partial charge in [-0.25, -0.2) is 19.0 Å². The van der Waals surface area contributed by atoms with Crippen LogP contribution in [0.4, 0.5) is 15.3 Å². The quantitative estimate of drug-likeness (QED) is 0.413. The molecule has 0 spiro atoms. The highest BCUT2D eigenvalue weighted by atomic mass is 32.2. The molecule has 42 heavy (non-hydrogen) atoms. The number of hydrogen-bond acceptors (Lipinski definition) is 11. The monoisotopic (exact) mass is 611 g/mol. The summed E-state index contributed by atoms with van der Waals surface area (Å²) in [4.78, 5) is 31.2. The molecule has 6 rings (SSSR count). The molecule has 0 bridgehead atoms. The molecule has 2 saturated heterocycles. The summed E-state index contributed by atoms with van der Waals surface area (Å²) in [5.74, 6) is 0.606. The number of nitrogens with one attached hydrogen (secondary N) is 1. The highest BCUT2D eigenvalue weighted by Crippen LogP contribution is 2.41. The van der Waals surface area contributed by atoms with E-state index in [1.165, 1.54) is 23.5 Å². The number of imidazole rings is 1. The Labute approximate surface area is 252 Å². The highest BCUT2D eigenvalue weighted by molar-refractivity contribution is 8.00. The topological polar surface area (TPSA) is 117 Å². The average Bonchev–Trinajstić information content (AvgIpc) is 3.65. The number of aliphatic hydroxyl groups excluding tert-OH is 1. The van der Waals surface area contributed by atoms with Gasteiger partial charge in [-0.3, -0.25) is 20.0 Å². The number of amides is 1. The zero-order valence-corrected chi connectivity index (χ0v) is 25.6. The van der Waals surface area contributed by atoms with E-state index in [-0.39, 0.29) is 29.3 Å². The Bertz CT molecular complexity index is 1510. The number of aliphatic hydroxyl groups is 1. The number of thioether (sulfide) groups is 1. The lowest BCUT2D eigenvalue weighted by molar-refractivity contribution is -0.144. The molecule has 11 nitrogen and oxygen atoms in total. The number of likely N-dealkylation sites (tertiary alicyclic amines) is 1. The number of nitriles is 1. The highest BCUT2D eigenvalue weighted by Gasteiger charge is 2.40. The lowest BCUT2D eigenvalue weighted by Gasteiger charge is -2.46. The molecular weight excluding hydrogens is 578 g/mol. The van der Waals surface area contributed by atoms with Gasteiger partial charge in [0, 0.05) is 50.9 Å². The zero-order valence-electron chi connectivity index (χ0n) is 24.0. The van der Waals surface area contributed by atoms with Gasteiger partial charge in [0.1, 0.15) is 28.0 Å². The Hall–Kier alpha value is -3.22. The summed E-state index contributed by atoms with van der Waals surface area (Å²) in [6, 6.07) is 8.65. The number of halogens is 1. The lowest BCUT2D eigenvalue weighted by Crippen LogP contribution is -2.62. The van der Waals surface area contributed by atoms with E-state index in [1.54, 1.807) is 28.8 Å². The standard InChI is InChI=1S/C28H34FN9O2S2/c1-5-21-25(34(4)26-32-24(22(10-30)41-26)18-6-8-19(29)9-7-18)38-27(31-21)42-28(33-38)37-12-16(2)35(11-17(37)3)15-23(40)36-13-20(39)14-36/h6-9,16-17,20,28,33,39H,5,11-15H2,1-4H3. The van der Waals surface area contributed by atoms with Crippen LogP contribution in [0.5, 0.6) is 0 Å². The van der Waals surface area contributed by atoms with Gasteiger partial charge in [0.05, 0.1) is 18.3 Å². The number of carbonyl (C=O) groups is 1. The van der Waals surface area contributed by atoms with Crippen molar-refractivity contribution in [1.82, 2.24) is 29.3 Å². The van der Waals surface area contributed by atoms with Crippen molar-refractivity contribution in [1.29, 1.82) is 5.26 Å². The summed E-state index contributed by atoms with van der Waals surface area (Å²) in [6.45, 7) is 9.18. The third-order valence-electron chi connectivity index (χ3n) is 8.14. The van der Waals surface area contributed by atoms with Gasteiger partial charge in [-0.15, -0.1) is 0 Å². The Balaban J connectivity index is 1.19. The molecule has 14 heteroatoms. The molecule has 3 atom stereocenters. The van der Waals surface area contributed by atoms with Crippen molar-refractivity contribution in [2.24, 2.45) is 0 Å². The first-order valence-corrected chi connectivity index (χ1v) is 15.8. The van der Waals surface area contributed by atoms with Gasteiger partial charge in [0.15, 0.2) is 16.1 Å². The molecule has 222 valence electrons. The van der Waals surface area contributed by atoms with Gasteiger partial charge in [-0.2, -0.15) is 5.26 Å². The normalized spacial score (nSPS) is 22.9. The average molecular weight is 612 g/mol. The molecule has 3 aliphatic heterocycles. The Kier molecular flexibility index (Phi) is 7.88. The van der Waals surface area contributed by atoms with Crippen LogP contribution >= 0.6 is 23.1 Å². The fourth-order valence-electron chi connectivity index (χ4n) is 5.72. The summed E-state index contributed by atoms with van der Waals surface area (Å²) in [6.07, 6.45) is 0.333. The van der Waals surface area contributed by atoms with Crippen molar-refractivity contribution < 1.29 is 14.3 Å². The minimum absolute atomic E-state index is 0.0351. The van der Waals surface area contributed by atoms with Crippen molar-refractivity contribution in [3.8, 4) is 17.3 Å². The summed E-state index contributed by atoms with van der Waals surface area (Å²) in [5, 5.41) is 20.9. The van der Waals surface area contributed by atoms with Crippen LogP contribution in [0, 0.1) is 17.1 Å². The van der Waals surface area contributed by atoms with E-state index in [2.05, 4.69) is 42.1 Å². The molecule has 2 N–H and O–H groups in total. The summed E-state index contributed by atoms with van der Waals surface area (Å²) in [5.41, 5.74) is 5.76. The van der Waals surface area contributed by atoms with E-state index >= 15 is 0 Å². The summed E-state index contributed by atoms with van der Waals surface area (Å²) >= 11 is 2.96. The number of rotatable bonds is 7.